The van der Waals surface area contributed by atoms with Gasteiger partial charge in [0.05, 0.1) is 17.0 Å². The van der Waals surface area contributed by atoms with Gasteiger partial charge in [0.1, 0.15) is 0 Å². The van der Waals surface area contributed by atoms with Crippen molar-refractivity contribution in [3.8, 4) is 0 Å². The van der Waals surface area contributed by atoms with E-state index in [-0.39, 0.29) is 6.04 Å². The van der Waals surface area contributed by atoms with Gasteiger partial charge in [-0.2, -0.15) is 0 Å². The number of benzene rings is 1. The van der Waals surface area contributed by atoms with Crippen LogP contribution in [0, 0.1) is 0 Å². The minimum atomic E-state index is 0.202. The molecule has 3 nitrogen and oxygen atoms in total. The summed E-state index contributed by atoms with van der Waals surface area (Å²) in [5.41, 5.74) is 11.7. The maximum atomic E-state index is 6.19. The van der Waals surface area contributed by atoms with Crippen LogP contribution in [0.1, 0.15) is 19.8 Å². The van der Waals surface area contributed by atoms with E-state index in [0.717, 1.165) is 12.8 Å². The van der Waals surface area contributed by atoms with Gasteiger partial charge in [0, 0.05) is 15.8 Å². The third kappa shape index (κ3) is 4.89. The number of aliphatic imine (C=N–C) groups is 1. The third-order valence-corrected chi connectivity index (χ3v) is 5.75. The molecule has 0 spiro atoms. The topological polar surface area (TPSA) is 64.4 Å². The number of fused-ring (bicyclic) bond motifs is 1. The zero-order chi connectivity index (χ0) is 14.4. The van der Waals surface area contributed by atoms with Crippen molar-refractivity contribution in [1.29, 1.82) is 0 Å². The van der Waals surface area contributed by atoms with Crippen LogP contribution in [0.3, 0.4) is 0 Å². The molecule has 0 aromatic heterocycles. The Labute approximate surface area is 129 Å². The van der Waals surface area contributed by atoms with Crippen molar-refractivity contribution in [1.82, 2.24) is 0 Å². The molecule has 1 unspecified atom stereocenters. The lowest BCUT2D eigenvalue weighted by molar-refractivity contribution is 0.654. The SMILES string of the molecule is CC(N)=NCC=CCC(N)CC1Sc2ccccc2S1. The standard InChI is InChI=1S/C15H21N3S2/c1-11(16)18-9-5-4-6-12(17)10-15-19-13-7-2-3-8-14(13)20-15/h2-5,7-8,12,15H,6,9-10,17H2,1H3,(H2,16,18). The summed E-state index contributed by atoms with van der Waals surface area (Å²) >= 11 is 3.87. The normalized spacial score (nSPS) is 17.6. The molecule has 0 fully saturated rings. The highest BCUT2D eigenvalue weighted by Crippen LogP contribution is 2.49. The van der Waals surface area contributed by atoms with Gasteiger partial charge in [-0.1, -0.05) is 24.3 Å². The van der Waals surface area contributed by atoms with Crippen LogP contribution in [0.5, 0.6) is 0 Å². The van der Waals surface area contributed by atoms with Crippen LogP contribution in [0.4, 0.5) is 0 Å². The second-order valence-corrected chi connectivity index (χ2v) is 7.58. The van der Waals surface area contributed by atoms with Gasteiger partial charge in [-0.15, -0.1) is 23.5 Å². The van der Waals surface area contributed by atoms with E-state index in [4.69, 9.17) is 11.5 Å². The highest BCUT2D eigenvalue weighted by molar-refractivity contribution is 8.19. The summed E-state index contributed by atoms with van der Waals surface area (Å²) in [6.07, 6.45) is 6.05. The largest absolute Gasteiger partial charge is 0.388 e. The van der Waals surface area contributed by atoms with E-state index >= 15 is 0 Å². The molecule has 1 aromatic carbocycles. The van der Waals surface area contributed by atoms with Crippen molar-refractivity contribution >= 4 is 29.4 Å². The molecule has 1 aromatic rings. The van der Waals surface area contributed by atoms with Crippen LogP contribution < -0.4 is 11.5 Å². The molecule has 2 rings (SSSR count). The second-order valence-electron chi connectivity index (χ2n) is 4.80. The summed E-state index contributed by atoms with van der Waals surface area (Å²) < 4.78 is 0.542. The summed E-state index contributed by atoms with van der Waals surface area (Å²) in [4.78, 5) is 6.88. The number of amidine groups is 1. The first kappa shape index (κ1) is 15.5. The molecule has 4 N–H and O–H groups in total. The molecule has 5 heteroatoms. The average molecular weight is 307 g/mol. The number of nitrogens with zero attached hydrogens (tertiary/aromatic N) is 1. The molecular formula is C15H21N3S2. The summed E-state index contributed by atoms with van der Waals surface area (Å²) in [5.74, 6) is 0.621. The van der Waals surface area contributed by atoms with E-state index in [1.165, 1.54) is 9.79 Å². The van der Waals surface area contributed by atoms with E-state index in [1.807, 2.05) is 29.6 Å². The predicted octanol–water partition coefficient (Wildman–Crippen LogP) is 3.25. The fraction of sp³-hybridized carbons (Fsp3) is 0.400. The van der Waals surface area contributed by atoms with Crippen LogP contribution in [0.15, 0.2) is 51.2 Å². The lowest BCUT2D eigenvalue weighted by Gasteiger charge is -2.13. The minimum Gasteiger partial charge on any atom is -0.388 e. The Kier molecular flexibility index (Phi) is 6.01. The summed E-state index contributed by atoms with van der Waals surface area (Å²) in [6.45, 7) is 2.44. The average Bonchev–Trinajstić information content (AvgIpc) is 2.79. The van der Waals surface area contributed by atoms with Gasteiger partial charge in [-0.05, 0) is 31.9 Å². The molecule has 108 valence electrons. The Balaban J connectivity index is 1.71. The summed E-state index contributed by atoms with van der Waals surface area (Å²) in [6, 6.07) is 8.76. The monoisotopic (exact) mass is 307 g/mol. The minimum absolute atomic E-state index is 0.202. The van der Waals surface area contributed by atoms with Gasteiger partial charge < -0.3 is 11.5 Å². The molecule has 1 aliphatic heterocycles. The Hall–Kier alpha value is -0.910. The van der Waals surface area contributed by atoms with Crippen LogP contribution in [-0.2, 0) is 0 Å². The predicted molar refractivity (Wildman–Crippen MR) is 90.5 cm³/mol. The van der Waals surface area contributed by atoms with Gasteiger partial charge in [-0.25, -0.2) is 0 Å². The van der Waals surface area contributed by atoms with Gasteiger partial charge in [0.25, 0.3) is 0 Å². The molecule has 0 saturated carbocycles. The van der Waals surface area contributed by atoms with Gasteiger partial charge >= 0.3 is 0 Å². The summed E-state index contributed by atoms with van der Waals surface area (Å²) in [5, 5.41) is 0. The zero-order valence-electron chi connectivity index (χ0n) is 11.7. The van der Waals surface area contributed by atoms with Crippen molar-refractivity contribution in [3.05, 3.63) is 36.4 Å². The fourth-order valence-electron chi connectivity index (χ4n) is 1.93. The highest BCUT2D eigenvalue weighted by Gasteiger charge is 2.23. The Morgan fingerprint density at radius 3 is 2.55 bits per heavy atom. The molecule has 20 heavy (non-hydrogen) atoms. The van der Waals surface area contributed by atoms with Crippen molar-refractivity contribution < 1.29 is 0 Å². The zero-order valence-corrected chi connectivity index (χ0v) is 13.3. The van der Waals surface area contributed by atoms with Crippen molar-refractivity contribution in [2.75, 3.05) is 6.54 Å². The maximum absolute atomic E-state index is 6.19. The van der Waals surface area contributed by atoms with E-state index in [9.17, 15) is 0 Å². The number of hydrogen-bond donors (Lipinski definition) is 2. The first-order valence-corrected chi connectivity index (χ1v) is 8.50. The van der Waals surface area contributed by atoms with Crippen LogP contribution in [-0.4, -0.2) is 23.0 Å². The third-order valence-electron chi connectivity index (χ3n) is 2.91. The smallest absolute Gasteiger partial charge is 0.0909 e. The van der Waals surface area contributed by atoms with Crippen LogP contribution in [0.25, 0.3) is 0 Å². The maximum Gasteiger partial charge on any atom is 0.0909 e. The van der Waals surface area contributed by atoms with Crippen molar-refractivity contribution in [2.45, 2.75) is 40.2 Å². The molecule has 0 radical (unpaired) electrons. The molecule has 0 bridgehead atoms. The second kappa shape index (κ2) is 7.76. The Bertz CT molecular complexity index is 471. The van der Waals surface area contributed by atoms with E-state index in [0.29, 0.717) is 17.0 Å². The molecule has 0 amide bonds. The quantitative estimate of drug-likeness (QED) is 0.481. The van der Waals surface area contributed by atoms with Gasteiger partial charge in [0.15, 0.2) is 0 Å². The number of rotatable bonds is 6. The van der Waals surface area contributed by atoms with Gasteiger partial charge in [0.2, 0.25) is 0 Å². The first-order chi connectivity index (χ1) is 9.65. The number of nitrogens with two attached hydrogens (primary N) is 2. The first-order valence-electron chi connectivity index (χ1n) is 6.74. The fourth-order valence-corrected chi connectivity index (χ4v) is 4.97. The number of thioether (sulfide) groups is 2. The van der Waals surface area contributed by atoms with Crippen LogP contribution >= 0.6 is 23.5 Å². The molecule has 1 aliphatic rings. The highest BCUT2D eigenvalue weighted by atomic mass is 32.2. The van der Waals surface area contributed by atoms with Gasteiger partial charge in [-0.3, -0.25) is 4.99 Å². The lowest BCUT2D eigenvalue weighted by Crippen LogP contribution is -2.22. The Morgan fingerprint density at radius 2 is 1.95 bits per heavy atom. The molecule has 1 atom stereocenters. The Morgan fingerprint density at radius 1 is 1.30 bits per heavy atom. The lowest BCUT2D eigenvalue weighted by atomic mass is 10.1. The molecule has 0 saturated heterocycles. The number of hydrogen-bond acceptors (Lipinski definition) is 4. The van der Waals surface area contributed by atoms with E-state index in [2.05, 4.69) is 35.3 Å². The van der Waals surface area contributed by atoms with E-state index in [1.54, 1.807) is 6.92 Å². The van der Waals surface area contributed by atoms with Crippen molar-refractivity contribution in [3.63, 3.8) is 0 Å². The summed E-state index contributed by atoms with van der Waals surface area (Å²) in [7, 11) is 0. The van der Waals surface area contributed by atoms with Crippen LogP contribution in [0.2, 0.25) is 0 Å². The van der Waals surface area contributed by atoms with Crippen molar-refractivity contribution in [2.24, 2.45) is 16.5 Å². The molecule has 0 aliphatic carbocycles. The van der Waals surface area contributed by atoms with E-state index < -0.39 is 0 Å². The molecule has 1 heterocycles. The molecular weight excluding hydrogens is 286 g/mol.